The normalized spacial score (nSPS) is 13.9. The van der Waals surface area contributed by atoms with Crippen LogP contribution in [0.4, 0.5) is 0 Å². The fourth-order valence-electron chi connectivity index (χ4n) is 2.03. The minimum Gasteiger partial charge on any atom is -0.393 e. The van der Waals surface area contributed by atoms with E-state index in [9.17, 15) is 5.11 Å². The van der Waals surface area contributed by atoms with Gasteiger partial charge in [-0.15, -0.1) is 0 Å². The van der Waals surface area contributed by atoms with Crippen molar-refractivity contribution >= 4 is 0 Å². The molecule has 1 aromatic carbocycles. The van der Waals surface area contributed by atoms with Gasteiger partial charge in [-0.2, -0.15) is 0 Å². The van der Waals surface area contributed by atoms with Crippen LogP contribution in [-0.4, -0.2) is 11.2 Å². The zero-order valence-electron chi connectivity index (χ0n) is 10.0. The number of benzene rings is 1. The summed E-state index contributed by atoms with van der Waals surface area (Å²) >= 11 is 0. The van der Waals surface area contributed by atoms with Crippen LogP contribution < -0.4 is 0 Å². The molecule has 0 aliphatic heterocycles. The molecule has 0 heterocycles. The average Bonchev–Trinajstić information content (AvgIpc) is 2.18. The molecule has 15 heavy (non-hydrogen) atoms. The third-order valence-electron chi connectivity index (χ3n) is 2.92. The minimum atomic E-state index is -0.176. The first-order valence-corrected chi connectivity index (χ1v) is 5.80. The van der Waals surface area contributed by atoms with Crippen molar-refractivity contribution in [2.24, 2.45) is 0 Å². The summed E-state index contributed by atoms with van der Waals surface area (Å²) < 4.78 is 0. The first-order chi connectivity index (χ1) is 7.06. The zero-order chi connectivity index (χ0) is 11.3. The predicted molar refractivity (Wildman–Crippen MR) is 65.0 cm³/mol. The lowest BCUT2D eigenvalue weighted by Crippen LogP contribution is -2.24. The third-order valence-corrected chi connectivity index (χ3v) is 2.92. The number of hydrogen-bond acceptors (Lipinski definition) is 1. The summed E-state index contributed by atoms with van der Waals surface area (Å²) in [4.78, 5) is 0. The van der Waals surface area contributed by atoms with E-state index in [-0.39, 0.29) is 11.5 Å². The Bertz CT molecular complexity index is 277. The molecule has 1 heteroatoms. The first kappa shape index (κ1) is 12.3. The van der Waals surface area contributed by atoms with E-state index in [0.29, 0.717) is 0 Å². The lowest BCUT2D eigenvalue weighted by molar-refractivity contribution is 0.129. The minimum absolute atomic E-state index is 0.0653. The van der Waals surface area contributed by atoms with E-state index in [1.165, 1.54) is 5.56 Å². The van der Waals surface area contributed by atoms with E-state index in [2.05, 4.69) is 45.0 Å². The molecular weight excluding hydrogens is 184 g/mol. The van der Waals surface area contributed by atoms with Crippen LogP contribution in [0.2, 0.25) is 0 Å². The maximum atomic E-state index is 9.85. The summed E-state index contributed by atoms with van der Waals surface area (Å²) in [5.74, 6) is 0. The average molecular weight is 206 g/mol. The molecule has 0 aliphatic rings. The van der Waals surface area contributed by atoms with Crippen LogP contribution in [0.5, 0.6) is 0 Å². The van der Waals surface area contributed by atoms with Crippen LogP contribution in [0.25, 0.3) is 0 Å². The summed E-state index contributed by atoms with van der Waals surface area (Å²) in [5.41, 5.74) is 1.37. The second kappa shape index (κ2) is 5.32. The van der Waals surface area contributed by atoms with Gasteiger partial charge in [0.25, 0.3) is 0 Å². The van der Waals surface area contributed by atoms with Gasteiger partial charge in [-0.05, 0) is 23.8 Å². The Morgan fingerprint density at radius 1 is 1.20 bits per heavy atom. The molecule has 1 unspecified atom stereocenters. The number of rotatable bonds is 5. The van der Waals surface area contributed by atoms with Gasteiger partial charge < -0.3 is 5.11 Å². The van der Waals surface area contributed by atoms with Crippen molar-refractivity contribution < 1.29 is 5.11 Å². The van der Waals surface area contributed by atoms with Crippen LogP contribution >= 0.6 is 0 Å². The summed E-state index contributed by atoms with van der Waals surface area (Å²) in [5, 5.41) is 9.85. The molecule has 84 valence electrons. The van der Waals surface area contributed by atoms with Gasteiger partial charge in [-0.3, -0.25) is 0 Å². The Kier molecular flexibility index (Phi) is 4.34. The Morgan fingerprint density at radius 2 is 1.80 bits per heavy atom. The summed E-state index contributed by atoms with van der Waals surface area (Å²) in [7, 11) is 0. The van der Waals surface area contributed by atoms with Gasteiger partial charge >= 0.3 is 0 Å². The van der Waals surface area contributed by atoms with Gasteiger partial charge in [-0.1, -0.05) is 57.5 Å². The van der Waals surface area contributed by atoms with Crippen LogP contribution in [-0.2, 0) is 5.41 Å². The van der Waals surface area contributed by atoms with Gasteiger partial charge in [-0.25, -0.2) is 0 Å². The monoisotopic (exact) mass is 206 g/mol. The highest BCUT2D eigenvalue weighted by atomic mass is 16.3. The lowest BCUT2D eigenvalue weighted by atomic mass is 9.79. The SMILES string of the molecule is CCCC(O)CC(C)(C)c1ccccc1. The summed E-state index contributed by atoms with van der Waals surface area (Å²) in [6.07, 6.45) is 2.61. The van der Waals surface area contributed by atoms with E-state index < -0.39 is 0 Å². The molecular formula is C14H22O. The molecule has 0 radical (unpaired) electrons. The van der Waals surface area contributed by atoms with Gasteiger partial charge in [0.15, 0.2) is 0 Å². The Labute approximate surface area is 93.1 Å². The van der Waals surface area contributed by atoms with Gasteiger partial charge in [0, 0.05) is 0 Å². The van der Waals surface area contributed by atoms with Crippen molar-refractivity contribution in [3.63, 3.8) is 0 Å². The summed E-state index contributed by atoms with van der Waals surface area (Å²) in [6.45, 7) is 6.50. The van der Waals surface area contributed by atoms with Crippen LogP contribution in [0, 0.1) is 0 Å². The molecule has 0 aliphatic carbocycles. The number of aliphatic hydroxyl groups is 1. The molecule has 1 aromatic rings. The van der Waals surface area contributed by atoms with Crippen molar-refractivity contribution in [3.8, 4) is 0 Å². The number of hydrogen-bond donors (Lipinski definition) is 1. The quantitative estimate of drug-likeness (QED) is 0.781. The zero-order valence-corrected chi connectivity index (χ0v) is 10.0. The van der Waals surface area contributed by atoms with Crippen LogP contribution in [0.1, 0.15) is 45.6 Å². The maximum Gasteiger partial charge on any atom is 0.0548 e. The molecule has 1 N–H and O–H groups in total. The van der Waals surface area contributed by atoms with Crippen molar-refractivity contribution in [2.75, 3.05) is 0 Å². The molecule has 0 fully saturated rings. The van der Waals surface area contributed by atoms with E-state index in [0.717, 1.165) is 19.3 Å². The molecule has 0 saturated carbocycles. The Hall–Kier alpha value is -0.820. The predicted octanol–water partition coefficient (Wildman–Crippen LogP) is 3.52. The fourth-order valence-corrected chi connectivity index (χ4v) is 2.03. The largest absolute Gasteiger partial charge is 0.393 e. The van der Waals surface area contributed by atoms with E-state index in [1.807, 2.05) is 6.07 Å². The Morgan fingerprint density at radius 3 is 2.33 bits per heavy atom. The van der Waals surface area contributed by atoms with Gasteiger partial charge in [0.05, 0.1) is 6.10 Å². The maximum absolute atomic E-state index is 9.85. The van der Waals surface area contributed by atoms with Crippen molar-refractivity contribution in [1.29, 1.82) is 0 Å². The second-order valence-electron chi connectivity index (χ2n) is 4.90. The number of aliphatic hydroxyl groups excluding tert-OH is 1. The van der Waals surface area contributed by atoms with Crippen molar-refractivity contribution in [3.05, 3.63) is 35.9 Å². The van der Waals surface area contributed by atoms with Gasteiger partial charge in [0.2, 0.25) is 0 Å². The highest BCUT2D eigenvalue weighted by molar-refractivity contribution is 5.23. The molecule has 0 spiro atoms. The first-order valence-electron chi connectivity index (χ1n) is 5.80. The smallest absolute Gasteiger partial charge is 0.0548 e. The highest BCUT2D eigenvalue weighted by Gasteiger charge is 2.23. The van der Waals surface area contributed by atoms with E-state index in [4.69, 9.17) is 0 Å². The van der Waals surface area contributed by atoms with E-state index in [1.54, 1.807) is 0 Å². The van der Waals surface area contributed by atoms with Crippen molar-refractivity contribution in [1.82, 2.24) is 0 Å². The Balaban J connectivity index is 2.67. The molecule has 1 nitrogen and oxygen atoms in total. The molecule has 0 bridgehead atoms. The van der Waals surface area contributed by atoms with Crippen LogP contribution in [0.3, 0.4) is 0 Å². The molecule has 0 amide bonds. The molecule has 0 aromatic heterocycles. The van der Waals surface area contributed by atoms with E-state index >= 15 is 0 Å². The molecule has 0 saturated heterocycles. The van der Waals surface area contributed by atoms with Crippen molar-refractivity contribution in [2.45, 2.75) is 51.6 Å². The molecule has 1 atom stereocenters. The lowest BCUT2D eigenvalue weighted by Gasteiger charge is -2.27. The standard InChI is InChI=1S/C14H22O/c1-4-8-13(15)11-14(2,3)12-9-6-5-7-10-12/h5-7,9-10,13,15H,4,8,11H2,1-3H3. The third kappa shape index (κ3) is 3.67. The van der Waals surface area contributed by atoms with Crippen LogP contribution in [0.15, 0.2) is 30.3 Å². The molecule has 1 rings (SSSR count). The topological polar surface area (TPSA) is 20.2 Å². The summed E-state index contributed by atoms with van der Waals surface area (Å²) in [6, 6.07) is 10.4. The fraction of sp³-hybridized carbons (Fsp3) is 0.571. The van der Waals surface area contributed by atoms with Gasteiger partial charge in [0.1, 0.15) is 0 Å². The second-order valence-corrected chi connectivity index (χ2v) is 4.90. The highest BCUT2D eigenvalue weighted by Crippen LogP contribution is 2.29.